The first-order valence-corrected chi connectivity index (χ1v) is 12.9. The van der Waals surface area contributed by atoms with Crippen LogP contribution < -0.4 is 15.6 Å². The number of oxime groups is 1. The molecule has 0 saturated carbocycles. The van der Waals surface area contributed by atoms with Gasteiger partial charge >= 0.3 is 5.97 Å². The Kier molecular flexibility index (Phi) is 6.36. The Morgan fingerprint density at radius 2 is 2.28 bits per heavy atom. The van der Waals surface area contributed by atoms with Gasteiger partial charge in [-0.15, -0.1) is 23.1 Å². The van der Waals surface area contributed by atoms with Crippen LogP contribution in [0, 0.1) is 0 Å². The molecule has 5 heterocycles. The molecular weight excluding hydrogens is 506 g/mol. The first-order chi connectivity index (χ1) is 17.4. The highest BCUT2D eigenvalue weighted by Crippen LogP contribution is 2.41. The smallest absolute Gasteiger partial charge is 0.352 e. The number of aromatic amines is 1. The van der Waals surface area contributed by atoms with Gasteiger partial charge in [-0.2, -0.15) is 5.10 Å². The molecule has 0 unspecified atom stereocenters. The second-order valence-electron chi connectivity index (χ2n) is 7.98. The second kappa shape index (κ2) is 9.62. The molecule has 0 bridgehead atoms. The molecule has 14 heteroatoms. The van der Waals surface area contributed by atoms with Crippen molar-refractivity contribution in [2.75, 3.05) is 18.1 Å². The van der Waals surface area contributed by atoms with Gasteiger partial charge < -0.3 is 21.0 Å². The second-order valence-corrected chi connectivity index (χ2v) is 9.97. The van der Waals surface area contributed by atoms with E-state index in [0.717, 1.165) is 22.4 Å². The maximum Gasteiger partial charge on any atom is 0.352 e. The Balaban J connectivity index is 1.37. The Labute approximate surface area is 212 Å². The number of nitrogens with one attached hydrogen (secondary N) is 2. The summed E-state index contributed by atoms with van der Waals surface area (Å²) >= 11 is 2.54. The molecule has 0 spiro atoms. The number of aromatic nitrogens is 3. The Bertz CT molecular complexity index is 1430. The molecular formula is C22H22N7O5S2+. The van der Waals surface area contributed by atoms with Crippen molar-refractivity contribution in [3.8, 4) is 0 Å². The number of fused-ring (bicyclic) bond motifs is 2. The third-order valence-electron chi connectivity index (χ3n) is 5.77. The van der Waals surface area contributed by atoms with Crippen LogP contribution in [-0.4, -0.2) is 67.4 Å². The number of carbonyl (C=O) groups is 3. The lowest BCUT2D eigenvalue weighted by Crippen LogP contribution is -2.71. The average molecular weight is 529 g/mol. The monoisotopic (exact) mass is 528 g/mol. The summed E-state index contributed by atoms with van der Waals surface area (Å²) in [5, 5.41) is 20.9. The van der Waals surface area contributed by atoms with Gasteiger partial charge in [0.2, 0.25) is 5.52 Å². The van der Waals surface area contributed by atoms with Crippen molar-refractivity contribution in [3.05, 3.63) is 58.5 Å². The zero-order chi connectivity index (χ0) is 25.4. The average Bonchev–Trinajstić information content (AvgIpc) is 3.48. The van der Waals surface area contributed by atoms with Crippen LogP contribution in [-0.2, 0) is 25.6 Å². The molecule has 36 heavy (non-hydrogen) atoms. The van der Waals surface area contributed by atoms with Crippen molar-refractivity contribution in [1.82, 2.24) is 20.3 Å². The van der Waals surface area contributed by atoms with E-state index in [1.165, 1.54) is 16.7 Å². The van der Waals surface area contributed by atoms with E-state index in [2.05, 4.69) is 20.6 Å². The van der Waals surface area contributed by atoms with E-state index in [9.17, 15) is 19.5 Å². The molecule has 12 nitrogen and oxygen atoms in total. The van der Waals surface area contributed by atoms with Crippen LogP contribution in [0.3, 0.4) is 0 Å². The number of thioether (sulfide) groups is 1. The number of hydrogen-bond donors (Lipinski definition) is 4. The largest absolute Gasteiger partial charge is 0.477 e. The lowest BCUT2D eigenvalue weighted by Gasteiger charge is -2.49. The fraction of sp³-hybridized carbons (Fsp3) is 0.273. The fourth-order valence-electron chi connectivity index (χ4n) is 4.17. The first-order valence-electron chi connectivity index (χ1n) is 11.0. The van der Waals surface area contributed by atoms with Crippen LogP contribution in [0.2, 0.25) is 0 Å². The molecule has 3 aromatic heterocycles. The summed E-state index contributed by atoms with van der Waals surface area (Å²) in [6, 6.07) is 4.81. The summed E-state index contributed by atoms with van der Waals surface area (Å²) in [7, 11) is 0. The fourth-order valence-corrected chi connectivity index (χ4v) is 6.06. The van der Waals surface area contributed by atoms with E-state index in [1.807, 2.05) is 35.1 Å². The number of thiazole rings is 1. The molecule has 0 aromatic carbocycles. The number of aliphatic carboxylic acids is 1. The third-order valence-corrected chi connectivity index (χ3v) is 7.79. The minimum absolute atomic E-state index is 0.0417. The van der Waals surface area contributed by atoms with Gasteiger partial charge in [-0.25, -0.2) is 9.78 Å². The number of carboxylic acids is 1. The van der Waals surface area contributed by atoms with Crippen LogP contribution in [0.15, 0.2) is 52.4 Å². The van der Waals surface area contributed by atoms with E-state index >= 15 is 0 Å². The number of hydrogen-bond acceptors (Lipinski definition) is 9. The van der Waals surface area contributed by atoms with E-state index in [-0.39, 0.29) is 28.8 Å². The molecule has 2 aliphatic rings. The highest BCUT2D eigenvalue weighted by atomic mass is 32.2. The van der Waals surface area contributed by atoms with Crippen molar-refractivity contribution >= 4 is 57.2 Å². The number of nitrogen functional groups attached to an aromatic ring is 1. The van der Waals surface area contributed by atoms with E-state index in [4.69, 9.17) is 10.6 Å². The van der Waals surface area contributed by atoms with Crippen LogP contribution in [0.1, 0.15) is 18.2 Å². The molecule has 1 fully saturated rings. The van der Waals surface area contributed by atoms with Crippen LogP contribution in [0.25, 0.3) is 5.52 Å². The SMILES string of the molecule is CCON=C(C(=O)N[C@@H]1C(=O)N2C(C(=O)O)=C(Cc3c[nH][n+]4ccccc34)CS[C@@H]12)c1csc(N)n1. The number of nitrogens with two attached hydrogens (primary N) is 1. The number of anilines is 1. The minimum atomic E-state index is -1.18. The summed E-state index contributed by atoms with van der Waals surface area (Å²) in [5.41, 5.74) is 8.23. The predicted octanol–water partition coefficient (Wildman–Crippen LogP) is 0.514. The number of β-lactam (4-membered cyclic amide) rings is 1. The molecule has 0 radical (unpaired) electrons. The normalized spacial score (nSPS) is 19.8. The quantitative estimate of drug-likeness (QED) is 0.142. The zero-order valence-electron chi connectivity index (χ0n) is 19.0. The highest BCUT2D eigenvalue weighted by Gasteiger charge is 2.54. The number of rotatable bonds is 8. The standard InChI is InChI=1S/C22H21N7O5S2/c1-2-34-27-15(13-10-36-22(23)25-13)18(30)26-16-19(31)29-17(21(32)33)12(9-35-20(16)29)7-11-8-24-28-6-4-3-5-14(11)28/h3-6,8,10,16,20H,2,7,9H2,1H3,(H4,23,25,26,30,32,33)/p+1/t16-,20+/m1/s1. The number of pyridine rings is 1. The molecule has 5 rings (SSSR count). The van der Waals surface area contributed by atoms with Crippen molar-refractivity contribution in [3.63, 3.8) is 0 Å². The molecule has 2 aliphatic heterocycles. The van der Waals surface area contributed by atoms with Crippen molar-refractivity contribution in [2.24, 2.45) is 5.16 Å². The zero-order valence-corrected chi connectivity index (χ0v) is 20.6. The van der Waals surface area contributed by atoms with Gasteiger partial charge in [-0.1, -0.05) is 9.67 Å². The summed E-state index contributed by atoms with van der Waals surface area (Å²) < 4.78 is 1.84. The third kappa shape index (κ3) is 4.18. The highest BCUT2D eigenvalue weighted by molar-refractivity contribution is 8.00. The summed E-state index contributed by atoms with van der Waals surface area (Å²) in [5.74, 6) is -1.95. The summed E-state index contributed by atoms with van der Waals surface area (Å²) in [6.07, 6.45) is 4.06. The number of carboxylic acid groups (broad SMARTS) is 1. The van der Waals surface area contributed by atoms with Crippen molar-refractivity contribution in [2.45, 2.75) is 24.8 Å². The first kappa shape index (κ1) is 23.8. The molecule has 2 amide bonds. The lowest BCUT2D eigenvalue weighted by molar-refractivity contribution is -0.576. The number of carbonyl (C=O) groups excluding carboxylic acids is 2. The molecule has 5 N–H and O–H groups in total. The van der Waals surface area contributed by atoms with Gasteiger partial charge in [0.25, 0.3) is 11.8 Å². The molecule has 2 atom stereocenters. The van der Waals surface area contributed by atoms with E-state index < -0.39 is 29.2 Å². The van der Waals surface area contributed by atoms with Gasteiger partial charge in [0.15, 0.2) is 17.0 Å². The van der Waals surface area contributed by atoms with Crippen LogP contribution in [0.4, 0.5) is 5.13 Å². The molecule has 186 valence electrons. The van der Waals surface area contributed by atoms with Crippen LogP contribution >= 0.6 is 23.1 Å². The van der Waals surface area contributed by atoms with Gasteiger partial charge in [0.05, 0.1) is 11.8 Å². The summed E-state index contributed by atoms with van der Waals surface area (Å²) in [6.45, 7) is 1.95. The van der Waals surface area contributed by atoms with Crippen molar-refractivity contribution < 1.29 is 28.8 Å². The van der Waals surface area contributed by atoms with Gasteiger partial charge in [-0.3, -0.25) is 14.5 Å². The molecule has 0 aliphatic carbocycles. The lowest BCUT2D eigenvalue weighted by atomic mass is 9.99. The Morgan fingerprint density at radius 3 is 3.00 bits per heavy atom. The van der Waals surface area contributed by atoms with Gasteiger partial charge in [0, 0.05) is 29.7 Å². The Morgan fingerprint density at radius 1 is 1.44 bits per heavy atom. The predicted molar refractivity (Wildman–Crippen MR) is 132 cm³/mol. The molecule has 3 aromatic rings. The van der Waals surface area contributed by atoms with E-state index in [1.54, 1.807) is 12.3 Å². The van der Waals surface area contributed by atoms with Gasteiger partial charge in [-0.05, 0) is 18.6 Å². The topological polar surface area (TPSA) is 167 Å². The number of nitrogens with zero attached hydrogens (tertiary/aromatic N) is 4. The molecule has 1 saturated heterocycles. The van der Waals surface area contributed by atoms with Gasteiger partial charge in [0.1, 0.15) is 29.4 Å². The number of amides is 2. The van der Waals surface area contributed by atoms with Crippen molar-refractivity contribution in [1.29, 1.82) is 0 Å². The maximum atomic E-state index is 13.1. The maximum absolute atomic E-state index is 13.1. The van der Waals surface area contributed by atoms with E-state index in [0.29, 0.717) is 17.7 Å². The Hall–Kier alpha value is -3.91. The number of H-pyrrole nitrogens is 1. The summed E-state index contributed by atoms with van der Waals surface area (Å²) in [4.78, 5) is 48.6. The van der Waals surface area contributed by atoms with Crippen LogP contribution in [0.5, 0.6) is 0 Å². The minimum Gasteiger partial charge on any atom is -0.477 e.